The van der Waals surface area contributed by atoms with Crippen LogP contribution in [-0.2, 0) is 13.1 Å². The minimum atomic E-state index is 0.410. The van der Waals surface area contributed by atoms with E-state index in [0.29, 0.717) is 12.0 Å². The first kappa shape index (κ1) is 13.7. The molecule has 1 aromatic carbocycles. The minimum Gasteiger partial charge on any atom is -0.459 e. The number of hydrogen-bond acceptors (Lipinski definition) is 3. The predicted molar refractivity (Wildman–Crippen MR) is 82.4 cm³/mol. The molecule has 1 saturated heterocycles. The van der Waals surface area contributed by atoms with Crippen molar-refractivity contribution in [1.29, 1.82) is 0 Å². The van der Waals surface area contributed by atoms with Gasteiger partial charge in [0.1, 0.15) is 11.3 Å². The van der Waals surface area contributed by atoms with Crippen LogP contribution in [0.15, 0.2) is 28.7 Å². The molecule has 0 bridgehead atoms. The topological polar surface area (TPSA) is 42.4 Å². The smallest absolute Gasteiger partial charge is 0.134 e. The first-order chi connectivity index (χ1) is 9.59. The summed E-state index contributed by atoms with van der Waals surface area (Å²) in [5, 5.41) is 1.17. The van der Waals surface area contributed by atoms with Crippen molar-refractivity contribution in [3.8, 4) is 0 Å². The van der Waals surface area contributed by atoms with Gasteiger partial charge in [-0.15, -0.1) is 0 Å². The van der Waals surface area contributed by atoms with Gasteiger partial charge < -0.3 is 10.2 Å². The Kier molecular flexibility index (Phi) is 3.57. The number of para-hydroxylation sites is 1. The number of fused-ring (bicyclic) bond motifs is 1. The fourth-order valence-electron chi connectivity index (χ4n) is 3.38. The van der Waals surface area contributed by atoms with E-state index in [0.717, 1.165) is 31.0 Å². The van der Waals surface area contributed by atoms with E-state index in [9.17, 15) is 0 Å². The number of rotatable bonds is 3. The van der Waals surface area contributed by atoms with E-state index >= 15 is 0 Å². The summed E-state index contributed by atoms with van der Waals surface area (Å²) in [6.07, 6.45) is 2.58. The van der Waals surface area contributed by atoms with E-state index in [2.05, 4.69) is 24.8 Å². The van der Waals surface area contributed by atoms with Crippen LogP contribution in [0.3, 0.4) is 0 Å². The minimum absolute atomic E-state index is 0.410. The number of hydrogen-bond donors (Lipinski definition) is 1. The molecule has 0 amide bonds. The highest BCUT2D eigenvalue weighted by molar-refractivity contribution is 5.82. The highest BCUT2D eigenvalue weighted by Gasteiger charge is 2.27. The van der Waals surface area contributed by atoms with Crippen LogP contribution < -0.4 is 5.73 Å². The standard InChI is InChI=1S/C17H24N2O/c1-17(2)8-5-9-19(12-17)11-16-14(10-18)13-6-3-4-7-15(13)20-16/h3-4,6-7H,5,8-12,18H2,1-2H3. The Morgan fingerprint density at radius 2 is 2.10 bits per heavy atom. The molecule has 0 saturated carbocycles. The van der Waals surface area contributed by atoms with Crippen LogP contribution in [0.25, 0.3) is 11.0 Å². The Hall–Kier alpha value is -1.32. The number of piperidine rings is 1. The molecule has 1 aromatic heterocycles. The molecule has 0 spiro atoms. The second-order valence-corrected chi connectivity index (χ2v) is 6.68. The van der Waals surface area contributed by atoms with Gasteiger partial charge >= 0.3 is 0 Å². The second kappa shape index (κ2) is 5.23. The van der Waals surface area contributed by atoms with Crippen LogP contribution in [0.4, 0.5) is 0 Å². The molecule has 0 atom stereocenters. The molecular formula is C17H24N2O. The van der Waals surface area contributed by atoms with E-state index in [4.69, 9.17) is 10.2 Å². The Labute approximate surface area is 120 Å². The monoisotopic (exact) mass is 272 g/mol. The lowest BCUT2D eigenvalue weighted by Crippen LogP contribution is -2.39. The van der Waals surface area contributed by atoms with E-state index < -0.39 is 0 Å². The van der Waals surface area contributed by atoms with E-state index in [1.165, 1.54) is 23.8 Å². The number of furan rings is 1. The summed E-state index contributed by atoms with van der Waals surface area (Å²) in [7, 11) is 0. The lowest BCUT2D eigenvalue weighted by molar-refractivity contribution is 0.105. The van der Waals surface area contributed by atoms with Crippen molar-refractivity contribution >= 4 is 11.0 Å². The molecular weight excluding hydrogens is 248 g/mol. The second-order valence-electron chi connectivity index (χ2n) is 6.68. The third-order valence-corrected chi connectivity index (χ3v) is 4.33. The Bertz CT molecular complexity index is 600. The van der Waals surface area contributed by atoms with Gasteiger partial charge in [0.15, 0.2) is 0 Å². The molecule has 3 heteroatoms. The van der Waals surface area contributed by atoms with Crippen molar-refractivity contribution in [3.63, 3.8) is 0 Å². The molecule has 1 aliphatic heterocycles. The van der Waals surface area contributed by atoms with E-state index in [-0.39, 0.29) is 0 Å². The van der Waals surface area contributed by atoms with Crippen molar-refractivity contribution in [2.45, 2.75) is 39.8 Å². The van der Waals surface area contributed by atoms with Crippen LogP contribution >= 0.6 is 0 Å². The highest BCUT2D eigenvalue weighted by Crippen LogP contribution is 2.31. The Balaban J connectivity index is 1.87. The molecule has 3 nitrogen and oxygen atoms in total. The maximum absolute atomic E-state index is 6.04. The van der Waals surface area contributed by atoms with Crippen LogP contribution in [-0.4, -0.2) is 18.0 Å². The first-order valence-electron chi connectivity index (χ1n) is 7.51. The van der Waals surface area contributed by atoms with E-state index in [1.54, 1.807) is 0 Å². The molecule has 0 unspecified atom stereocenters. The number of benzene rings is 1. The zero-order valence-corrected chi connectivity index (χ0v) is 12.5. The van der Waals surface area contributed by atoms with Crippen molar-refractivity contribution in [3.05, 3.63) is 35.6 Å². The maximum Gasteiger partial charge on any atom is 0.134 e. The van der Waals surface area contributed by atoms with Crippen LogP contribution in [0.5, 0.6) is 0 Å². The van der Waals surface area contributed by atoms with Gasteiger partial charge in [-0.2, -0.15) is 0 Å². The van der Waals surface area contributed by atoms with Gasteiger partial charge in [0, 0.05) is 24.0 Å². The summed E-state index contributed by atoms with van der Waals surface area (Å²) in [6, 6.07) is 8.19. The van der Waals surface area contributed by atoms with Crippen molar-refractivity contribution in [2.75, 3.05) is 13.1 Å². The summed E-state index contributed by atoms with van der Waals surface area (Å²) in [6.45, 7) is 8.41. The molecule has 2 heterocycles. The fraction of sp³-hybridized carbons (Fsp3) is 0.529. The van der Waals surface area contributed by atoms with Gasteiger partial charge in [0.2, 0.25) is 0 Å². The lowest BCUT2D eigenvalue weighted by Gasteiger charge is -2.37. The molecule has 1 fully saturated rings. The fourth-order valence-corrected chi connectivity index (χ4v) is 3.38. The van der Waals surface area contributed by atoms with Gasteiger partial charge in [0.05, 0.1) is 6.54 Å². The third kappa shape index (κ3) is 2.60. The van der Waals surface area contributed by atoms with E-state index in [1.807, 2.05) is 18.2 Å². The number of nitrogens with zero attached hydrogens (tertiary/aromatic N) is 1. The third-order valence-electron chi connectivity index (χ3n) is 4.33. The highest BCUT2D eigenvalue weighted by atomic mass is 16.3. The zero-order chi connectivity index (χ0) is 14.2. The summed E-state index contributed by atoms with van der Waals surface area (Å²) in [5.74, 6) is 1.05. The summed E-state index contributed by atoms with van der Waals surface area (Å²) >= 11 is 0. The first-order valence-corrected chi connectivity index (χ1v) is 7.51. The Morgan fingerprint density at radius 1 is 1.30 bits per heavy atom. The predicted octanol–water partition coefficient (Wildman–Crippen LogP) is 3.51. The molecule has 108 valence electrons. The SMILES string of the molecule is CC1(C)CCCN(Cc2oc3ccccc3c2CN)C1. The molecule has 2 aromatic rings. The van der Waals surface area contributed by atoms with Crippen LogP contribution in [0.1, 0.15) is 38.0 Å². The van der Waals surface area contributed by atoms with Crippen LogP contribution in [0, 0.1) is 5.41 Å². The normalized spacial score (nSPS) is 19.6. The van der Waals surface area contributed by atoms with Gasteiger partial charge in [-0.05, 0) is 30.9 Å². The van der Waals surface area contributed by atoms with Gasteiger partial charge in [-0.3, -0.25) is 4.90 Å². The average molecular weight is 272 g/mol. The van der Waals surface area contributed by atoms with Gasteiger partial charge in [0.25, 0.3) is 0 Å². The van der Waals surface area contributed by atoms with Crippen molar-refractivity contribution in [2.24, 2.45) is 11.1 Å². The summed E-state index contributed by atoms with van der Waals surface area (Å²) in [4.78, 5) is 2.50. The number of likely N-dealkylation sites (tertiary alicyclic amines) is 1. The molecule has 2 N–H and O–H groups in total. The molecule has 0 aliphatic carbocycles. The summed E-state index contributed by atoms with van der Waals surface area (Å²) in [5.41, 5.74) is 8.48. The molecule has 3 rings (SSSR count). The zero-order valence-electron chi connectivity index (χ0n) is 12.5. The molecule has 20 heavy (non-hydrogen) atoms. The average Bonchev–Trinajstić information content (AvgIpc) is 2.74. The van der Waals surface area contributed by atoms with Gasteiger partial charge in [-0.1, -0.05) is 32.0 Å². The molecule has 1 aliphatic rings. The Morgan fingerprint density at radius 3 is 2.85 bits per heavy atom. The quantitative estimate of drug-likeness (QED) is 0.929. The summed E-state index contributed by atoms with van der Waals surface area (Å²) < 4.78 is 6.04. The maximum atomic E-state index is 6.04. The van der Waals surface area contributed by atoms with Crippen LogP contribution in [0.2, 0.25) is 0 Å². The molecule has 0 radical (unpaired) electrons. The largest absolute Gasteiger partial charge is 0.459 e. The van der Waals surface area contributed by atoms with Crippen molar-refractivity contribution in [1.82, 2.24) is 4.90 Å². The van der Waals surface area contributed by atoms with Gasteiger partial charge in [-0.25, -0.2) is 0 Å². The lowest BCUT2D eigenvalue weighted by atomic mass is 9.84. The van der Waals surface area contributed by atoms with Crippen molar-refractivity contribution < 1.29 is 4.42 Å². The number of nitrogens with two attached hydrogens (primary N) is 1.